The summed E-state index contributed by atoms with van der Waals surface area (Å²) in [5.41, 5.74) is 0.890. The lowest BCUT2D eigenvalue weighted by Gasteiger charge is -2.13. The first-order valence-electron chi connectivity index (χ1n) is 6.79. The molecular formula is C15H16N2O4S2. The standard InChI is InChI=1S/C15H16N2O4S2/c1-2-7-21-8-11(14(19)20)16-13(18)9-22-15-17-10-5-3-4-6-12(10)23-15/h2-6,11H,1,7-9H2,(H,16,18)(H,19,20). The Hall–Kier alpha value is -1.90. The van der Waals surface area contributed by atoms with E-state index in [-0.39, 0.29) is 24.9 Å². The van der Waals surface area contributed by atoms with Crippen LogP contribution in [-0.2, 0) is 14.3 Å². The molecule has 0 saturated heterocycles. The molecule has 0 bridgehead atoms. The Balaban J connectivity index is 1.85. The average Bonchev–Trinajstić information content (AvgIpc) is 2.95. The molecule has 1 atom stereocenters. The van der Waals surface area contributed by atoms with Crippen LogP contribution < -0.4 is 5.32 Å². The van der Waals surface area contributed by atoms with Crippen LogP contribution in [0.2, 0.25) is 0 Å². The van der Waals surface area contributed by atoms with Gasteiger partial charge in [-0.1, -0.05) is 30.0 Å². The van der Waals surface area contributed by atoms with E-state index in [2.05, 4.69) is 16.9 Å². The molecule has 0 fully saturated rings. The number of carboxylic acids is 1. The smallest absolute Gasteiger partial charge is 0.328 e. The summed E-state index contributed by atoms with van der Waals surface area (Å²) in [4.78, 5) is 27.4. The van der Waals surface area contributed by atoms with Crippen molar-refractivity contribution in [1.29, 1.82) is 0 Å². The second kappa shape index (κ2) is 8.66. The maximum atomic E-state index is 11.9. The Bertz CT molecular complexity index is 669. The van der Waals surface area contributed by atoms with E-state index in [1.165, 1.54) is 29.2 Å². The first-order chi connectivity index (χ1) is 11.1. The number of thioether (sulfide) groups is 1. The van der Waals surface area contributed by atoms with Crippen molar-refractivity contribution in [2.45, 2.75) is 10.4 Å². The van der Waals surface area contributed by atoms with Crippen LogP contribution in [0, 0.1) is 0 Å². The highest BCUT2D eigenvalue weighted by molar-refractivity contribution is 8.01. The number of carbonyl (C=O) groups is 2. The number of carbonyl (C=O) groups excluding carboxylic acids is 1. The molecule has 122 valence electrons. The van der Waals surface area contributed by atoms with Crippen molar-refractivity contribution in [3.05, 3.63) is 36.9 Å². The molecule has 6 nitrogen and oxygen atoms in total. The van der Waals surface area contributed by atoms with E-state index in [1.54, 1.807) is 0 Å². The first-order valence-corrected chi connectivity index (χ1v) is 8.59. The van der Waals surface area contributed by atoms with Gasteiger partial charge in [0.25, 0.3) is 0 Å². The number of amides is 1. The Morgan fingerprint density at radius 1 is 1.48 bits per heavy atom. The second-order valence-corrected chi connectivity index (χ2v) is 6.77. The van der Waals surface area contributed by atoms with Crippen LogP contribution in [0.1, 0.15) is 0 Å². The van der Waals surface area contributed by atoms with Gasteiger partial charge in [-0.2, -0.15) is 0 Å². The Morgan fingerprint density at radius 3 is 2.96 bits per heavy atom. The molecule has 0 spiro atoms. The molecule has 1 unspecified atom stereocenters. The summed E-state index contributed by atoms with van der Waals surface area (Å²) >= 11 is 2.78. The van der Waals surface area contributed by atoms with Gasteiger partial charge in [0.15, 0.2) is 10.4 Å². The van der Waals surface area contributed by atoms with Crippen molar-refractivity contribution >= 4 is 45.2 Å². The Kier molecular flexibility index (Phi) is 6.57. The molecule has 0 aliphatic rings. The number of benzene rings is 1. The number of nitrogens with zero attached hydrogens (tertiary/aromatic N) is 1. The Morgan fingerprint density at radius 2 is 2.26 bits per heavy atom. The normalized spacial score (nSPS) is 12.0. The molecule has 0 saturated carbocycles. The lowest BCUT2D eigenvalue weighted by atomic mass is 10.3. The molecule has 1 aromatic carbocycles. The molecule has 23 heavy (non-hydrogen) atoms. The van der Waals surface area contributed by atoms with Crippen LogP contribution in [0.25, 0.3) is 10.2 Å². The van der Waals surface area contributed by atoms with Crippen LogP contribution in [0.4, 0.5) is 0 Å². The zero-order valence-corrected chi connectivity index (χ0v) is 13.9. The van der Waals surface area contributed by atoms with E-state index in [0.29, 0.717) is 0 Å². The minimum Gasteiger partial charge on any atom is -0.480 e. The first kappa shape index (κ1) is 17.5. The van der Waals surface area contributed by atoms with E-state index in [9.17, 15) is 9.59 Å². The van der Waals surface area contributed by atoms with E-state index in [0.717, 1.165) is 14.6 Å². The van der Waals surface area contributed by atoms with E-state index in [4.69, 9.17) is 9.84 Å². The van der Waals surface area contributed by atoms with Gasteiger partial charge in [0.2, 0.25) is 5.91 Å². The van der Waals surface area contributed by atoms with Crippen LogP contribution >= 0.6 is 23.1 Å². The molecule has 2 rings (SSSR count). The largest absolute Gasteiger partial charge is 0.480 e. The third kappa shape index (κ3) is 5.34. The predicted molar refractivity (Wildman–Crippen MR) is 90.9 cm³/mol. The highest BCUT2D eigenvalue weighted by Gasteiger charge is 2.20. The van der Waals surface area contributed by atoms with Gasteiger partial charge in [-0.3, -0.25) is 4.79 Å². The summed E-state index contributed by atoms with van der Waals surface area (Å²) in [7, 11) is 0. The predicted octanol–water partition coefficient (Wildman–Crippen LogP) is 2.16. The maximum Gasteiger partial charge on any atom is 0.328 e. The molecule has 0 aliphatic carbocycles. The molecule has 1 aromatic heterocycles. The average molecular weight is 352 g/mol. The third-order valence-electron chi connectivity index (χ3n) is 2.75. The van der Waals surface area contributed by atoms with Crippen LogP contribution in [-0.4, -0.2) is 47.0 Å². The minimum atomic E-state index is -1.13. The second-order valence-electron chi connectivity index (χ2n) is 4.52. The zero-order chi connectivity index (χ0) is 16.7. The fourth-order valence-electron chi connectivity index (χ4n) is 1.72. The fraction of sp³-hybridized carbons (Fsp3) is 0.267. The van der Waals surface area contributed by atoms with E-state index < -0.39 is 12.0 Å². The number of para-hydroxylation sites is 1. The van der Waals surface area contributed by atoms with Gasteiger partial charge in [-0.25, -0.2) is 9.78 Å². The number of thiazole rings is 1. The topological polar surface area (TPSA) is 88.5 Å². The Labute approximate surface area is 141 Å². The molecular weight excluding hydrogens is 336 g/mol. The zero-order valence-electron chi connectivity index (χ0n) is 12.2. The summed E-state index contributed by atoms with van der Waals surface area (Å²) in [6.07, 6.45) is 1.52. The summed E-state index contributed by atoms with van der Waals surface area (Å²) in [5, 5.41) is 11.5. The van der Waals surface area contributed by atoms with Crippen LogP contribution in [0.3, 0.4) is 0 Å². The monoisotopic (exact) mass is 352 g/mol. The lowest BCUT2D eigenvalue weighted by Crippen LogP contribution is -2.44. The van der Waals surface area contributed by atoms with Crippen molar-refractivity contribution < 1.29 is 19.4 Å². The number of hydrogen-bond acceptors (Lipinski definition) is 6. The van der Waals surface area contributed by atoms with Gasteiger partial charge in [0.05, 0.1) is 29.2 Å². The molecule has 1 amide bonds. The van der Waals surface area contributed by atoms with Gasteiger partial charge >= 0.3 is 5.97 Å². The van der Waals surface area contributed by atoms with E-state index >= 15 is 0 Å². The fourth-order valence-corrected chi connectivity index (χ4v) is 3.60. The van der Waals surface area contributed by atoms with Gasteiger partial charge in [-0.15, -0.1) is 17.9 Å². The summed E-state index contributed by atoms with van der Waals surface area (Å²) in [5.74, 6) is -1.40. The number of ether oxygens (including phenoxy) is 1. The van der Waals surface area contributed by atoms with Gasteiger partial charge in [-0.05, 0) is 12.1 Å². The quantitative estimate of drug-likeness (QED) is 0.408. The summed E-state index contributed by atoms with van der Waals surface area (Å²) in [6.45, 7) is 3.61. The number of fused-ring (bicyclic) bond motifs is 1. The van der Waals surface area contributed by atoms with Crippen molar-refractivity contribution in [2.75, 3.05) is 19.0 Å². The number of aliphatic carboxylic acids is 1. The molecule has 8 heteroatoms. The van der Waals surface area contributed by atoms with Gasteiger partial charge in [0.1, 0.15) is 0 Å². The molecule has 0 radical (unpaired) electrons. The highest BCUT2D eigenvalue weighted by atomic mass is 32.2. The number of hydrogen-bond donors (Lipinski definition) is 2. The minimum absolute atomic E-state index is 0.0983. The number of carboxylic acid groups (broad SMARTS) is 1. The molecule has 0 aliphatic heterocycles. The van der Waals surface area contributed by atoms with E-state index in [1.807, 2.05) is 24.3 Å². The highest BCUT2D eigenvalue weighted by Crippen LogP contribution is 2.28. The van der Waals surface area contributed by atoms with Crippen molar-refractivity contribution in [3.8, 4) is 0 Å². The van der Waals surface area contributed by atoms with Crippen LogP contribution in [0.15, 0.2) is 41.3 Å². The molecule has 2 aromatic rings. The maximum absolute atomic E-state index is 11.9. The van der Waals surface area contributed by atoms with Crippen molar-refractivity contribution in [3.63, 3.8) is 0 Å². The summed E-state index contributed by atoms with van der Waals surface area (Å²) in [6, 6.07) is 6.65. The SMILES string of the molecule is C=CCOCC(NC(=O)CSc1nc2ccccc2s1)C(=O)O. The van der Waals surface area contributed by atoms with Crippen LogP contribution in [0.5, 0.6) is 0 Å². The lowest BCUT2D eigenvalue weighted by molar-refractivity contribution is -0.143. The van der Waals surface area contributed by atoms with Gasteiger partial charge in [0, 0.05) is 0 Å². The number of rotatable bonds is 9. The van der Waals surface area contributed by atoms with Gasteiger partial charge < -0.3 is 15.2 Å². The molecule has 1 heterocycles. The number of nitrogens with one attached hydrogen (secondary N) is 1. The van der Waals surface area contributed by atoms with Crippen molar-refractivity contribution in [1.82, 2.24) is 10.3 Å². The third-order valence-corrected chi connectivity index (χ3v) is 4.93. The molecule has 2 N–H and O–H groups in total. The summed E-state index contributed by atoms with van der Waals surface area (Å²) < 4.78 is 6.91. The number of aromatic nitrogens is 1. The van der Waals surface area contributed by atoms with Crippen molar-refractivity contribution in [2.24, 2.45) is 0 Å².